The summed E-state index contributed by atoms with van der Waals surface area (Å²) in [6, 6.07) is 8.17. The first-order valence-electron chi connectivity index (χ1n) is 7.14. The Bertz CT molecular complexity index is 652. The summed E-state index contributed by atoms with van der Waals surface area (Å²) in [5, 5.41) is 3.32. The van der Waals surface area contributed by atoms with Crippen LogP contribution >= 0.6 is 0 Å². The monoisotopic (exact) mass is 272 g/mol. The van der Waals surface area contributed by atoms with Gasteiger partial charge in [-0.25, -0.2) is 4.98 Å². The summed E-state index contributed by atoms with van der Waals surface area (Å²) in [6.07, 6.45) is 2.37. The fourth-order valence-electron chi connectivity index (χ4n) is 2.82. The van der Waals surface area contributed by atoms with Crippen molar-refractivity contribution < 1.29 is 0 Å². The second-order valence-corrected chi connectivity index (χ2v) is 5.39. The summed E-state index contributed by atoms with van der Waals surface area (Å²) in [6.45, 7) is 2.63. The van der Waals surface area contributed by atoms with Gasteiger partial charge in [0, 0.05) is 19.1 Å². The molecular weight excluding hydrogens is 252 g/mol. The van der Waals surface area contributed by atoms with Crippen LogP contribution in [0.1, 0.15) is 18.5 Å². The van der Waals surface area contributed by atoms with Crippen molar-refractivity contribution in [1.82, 2.24) is 20.2 Å². The molecule has 0 spiro atoms. The van der Waals surface area contributed by atoms with E-state index >= 15 is 0 Å². The molecule has 5 heteroatoms. The summed E-state index contributed by atoms with van der Waals surface area (Å²) in [5.74, 6) is 0. The molecule has 1 saturated heterocycles. The number of H-pyrrole nitrogens is 1. The summed E-state index contributed by atoms with van der Waals surface area (Å²) >= 11 is 0. The SMILES string of the molecule is CNC1CCCN(Cc2nc3ccccc3[nH]c2=O)C1. The van der Waals surface area contributed by atoms with Gasteiger partial charge in [0.1, 0.15) is 5.69 Å². The zero-order valence-corrected chi connectivity index (χ0v) is 11.7. The molecule has 2 aromatic rings. The number of piperidine rings is 1. The molecule has 1 aliphatic rings. The topological polar surface area (TPSA) is 61.0 Å². The molecule has 1 atom stereocenters. The van der Waals surface area contributed by atoms with E-state index in [9.17, 15) is 4.79 Å². The number of aromatic nitrogens is 2. The smallest absolute Gasteiger partial charge is 0.271 e. The average Bonchev–Trinajstić information content (AvgIpc) is 2.48. The highest BCUT2D eigenvalue weighted by atomic mass is 16.1. The third-order valence-corrected chi connectivity index (χ3v) is 3.96. The summed E-state index contributed by atoms with van der Waals surface area (Å²) in [7, 11) is 2.00. The second-order valence-electron chi connectivity index (χ2n) is 5.39. The first-order chi connectivity index (χ1) is 9.76. The number of fused-ring (bicyclic) bond motifs is 1. The van der Waals surface area contributed by atoms with E-state index in [0.717, 1.165) is 30.5 Å². The predicted octanol–water partition coefficient (Wildman–Crippen LogP) is 1.11. The Hall–Kier alpha value is -1.72. The lowest BCUT2D eigenvalue weighted by molar-refractivity contribution is 0.185. The Morgan fingerprint density at radius 3 is 3.15 bits per heavy atom. The standard InChI is InChI=1S/C15H20N4O/c1-16-11-5-4-8-19(9-11)10-14-15(20)18-13-7-3-2-6-12(13)17-14/h2-3,6-7,11,16H,4-5,8-10H2,1H3,(H,18,20). The van der Waals surface area contributed by atoms with E-state index in [1.807, 2.05) is 31.3 Å². The normalized spacial score (nSPS) is 20.4. The maximum Gasteiger partial charge on any atom is 0.271 e. The second kappa shape index (κ2) is 5.73. The number of likely N-dealkylation sites (N-methyl/N-ethyl adjacent to an activating group) is 1. The number of hydrogen-bond acceptors (Lipinski definition) is 4. The first kappa shape index (κ1) is 13.3. The third-order valence-electron chi connectivity index (χ3n) is 3.96. The van der Waals surface area contributed by atoms with Crippen LogP contribution in [0.4, 0.5) is 0 Å². The van der Waals surface area contributed by atoms with Crippen LogP contribution in [0.5, 0.6) is 0 Å². The maximum atomic E-state index is 12.1. The molecule has 3 rings (SSSR count). The molecule has 2 heterocycles. The van der Waals surface area contributed by atoms with Gasteiger partial charge < -0.3 is 10.3 Å². The molecule has 1 aliphatic heterocycles. The van der Waals surface area contributed by atoms with E-state index in [2.05, 4.69) is 20.2 Å². The summed E-state index contributed by atoms with van der Waals surface area (Å²) < 4.78 is 0. The van der Waals surface area contributed by atoms with Crippen LogP contribution < -0.4 is 10.9 Å². The molecule has 1 aromatic heterocycles. The third kappa shape index (κ3) is 2.73. The Balaban J connectivity index is 1.83. The zero-order valence-electron chi connectivity index (χ0n) is 11.7. The molecule has 1 fully saturated rings. The van der Waals surface area contributed by atoms with Crippen molar-refractivity contribution in [3.05, 3.63) is 40.3 Å². The number of likely N-dealkylation sites (tertiary alicyclic amines) is 1. The molecule has 0 saturated carbocycles. The number of nitrogens with one attached hydrogen (secondary N) is 2. The van der Waals surface area contributed by atoms with Crippen LogP contribution in [0.3, 0.4) is 0 Å². The largest absolute Gasteiger partial charge is 0.319 e. The number of rotatable bonds is 3. The molecular formula is C15H20N4O. The number of para-hydroxylation sites is 2. The lowest BCUT2D eigenvalue weighted by Crippen LogP contribution is -2.44. The highest BCUT2D eigenvalue weighted by molar-refractivity contribution is 5.73. The lowest BCUT2D eigenvalue weighted by Gasteiger charge is -2.32. The average molecular weight is 272 g/mol. The van der Waals surface area contributed by atoms with Crippen LogP contribution in [0.25, 0.3) is 11.0 Å². The Morgan fingerprint density at radius 1 is 1.45 bits per heavy atom. The van der Waals surface area contributed by atoms with Crippen LogP contribution in [0, 0.1) is 0 Å². The molecule has 2 N–H and O–H groups in total. The van der Waals surface area contributed by atoms with Gasteiger partial charge >= 0.3 is 0 Å². The Labute approximate surface area is 118 Å². The van der Waals surface area contributed by atoms with Gasteiger partial charge in [-0.1, -0.05) is 12.1 Å². The van der Waals surface area contributed by atoms with Crippen LogP contribution in [0.2, 0.25) is 0 Å². The number of nitrogens with zero attached hydrogens (tertiary/aromatic N) is 2. The van der Waals surface area contributed by atoms with Crippen LogP contribution in [0.15, 0.2) is 29.1 Å². The van der Waals surface area contributed by atoms with Crippen molar-refractivity contribution in [1.29, 1.82) is 0 Å². The van der Waals surface area contributed by atoms with Crippen molar-refractivity contribution in [3.8, 4) is 0 Å². The van der Waals surface area contributed by atoms with E-state index in [1.165, 1.54) is 6.42 Å². The van der Waals surface area contributed by atoms with E-state index in [0.29, 0.717) is 18.3 Å². The zero-order chi connectivity index (χ0) is 13.9. The van der Waals surface area contributed by atoms with E-state index in [4.69, 9.17) is 0 Å². The molecule has 5 nitrogen and oxygen atoms in total. The van der Waals surface area contributed by atoms with E-state index < -0.39 is 0 Å². The van der Waals surface area contributed by atoms with Gasteiger partial charge in [-0.2, -0.15) is 0 Å². The van der Waals surface area contributed by atoms with Gasteiger partial charge in [0.05, 0.1) is 11.0 Å². The van der Waals surface area contributed by atoms with Gasteiger partial charge in [-0.3, -0.25) is 9.69 Å². The summed E-state index contributed by atoms with van der Waals surface area (Å²) in [5.41, 5.74) is 2.19. The van der Waals surface area contributed by atoms with Gasteiger partial charge in [0.15, 0.2) is 0 Å². The van der Waals surface area contributed by atoms with Gasteiger partial charge in [0.2, 0.25) is 0 Å². The van der Waals surface area contributed by atoms with Crippen LogP contribution in [-0.4, -0.2) is 41.0 Å². The number of aromatic amines is 1. The predicted molar refractivity (Wildman–Crippen MR) is 79.7 cm³/mol. The maximum absolute atomic E-state index is 12.1. The van der Waals surface area contributed by atoms with Crippen molar-refractivity contribution in [2.45, 2.75) is 25.4 Å². The minimum Gasteiger partial charge on any atom is -0.319 e. The molecule has 1 aromatic carbocycles. The summed E-state index contributed by atoms with van der Waals surface area (Å²) in [4.78, 5) is 21.8. The Kier molecular flexibility index (Phi) is 3.80. The number of hydrogen-bond donors (Lipinski definition) is 2. The van der Waals surface area contributed by atoms with E-state index in [1.54, 1.807) is 0 Å². The highest BCUT2D eigenvalue weighted by Gasteiger charge is 2.19. The minimum atomic E-state index is -0.0738. The molecule has 0 bridgehead atoms. The fraction of sp³-hybridized carbons (Fsp3) is 0.467. The molecule has 0 radical (unpaired) electrons. The van der Waals surface area contributed by atoms with E-state index in [-0.39, 0.29) is 5.56 Å². The quantitative estimate of drug-likeness (QED) is 0.878. The Morgan fingerprint density at radius 2 is 2.30 bits per heavy atom. The molecule has 0 aliphatic carbocycles. The van der Waals surface area contributed by atoms with Crippen molar-refractivity contribution in [3.63, 3.8) is 0 Å². The van der Waals surface area contributed by atoms with Gasteiger partial charge in [0.25, 0.3) is 5.56 Å². The molecule has 0 amide bonds. The highest BCUT2D eigenvalue weighted by Crippen LogP contribution is 2.12. The first-order valence-corrected chi connectivity index (χ1v) is 7.14. The molecule has 20 heavy (non-hydrogen) atoms. The van der Waals surface area contributed by atoms with Crippen molar-refractivity contribution in [2.75, 3.05) is 20.1 Å². The number of benzene rings is 1. The molecule has 1 unspecified atom stereocenters. The lowest BCUT2D eigenvalue weighted by atomic mass is 10.1. The van der Waals surface area contributed by atoms with Crippen molar-refractivity contribution in [2.24, 2.45) is 0 Å². The van der Waals surface area contributed by atoms with Crippen molar-refractivity contribution >= 4 is 11.0 Å². The minimum absolute atomic E-state index is 0.0738. The molecule has 106 valence electrons. The van der Waals surface area contributed by atoms with Gasteiger partial charge in [-0.15, -0.1) is 0 Å². The van der Waals surface area contributed by atoms with Crippen LogP contribution in [-0.2, 0) is 6.54 Å². The fourth-order valence-corrected chi connectivity index (χ4v) is 2.82. The van der Waals surface area contributed by atoms with Gasteiger partial charge in [-0.05, 0) is 38.6 Å².